The van der Waals surface area contributed by atoms with Crippen LogP contribution in [0.2, 0.25) is 5.02 Å². The smallest absolute Gasteiger partial charge is 0.204 e. The van der Waals surface area contributed by atoms with E-state index in [1.165, 1.54) is 17.1 Å². The largest absolute Gasteiger partial charge is 0.344 e. The van der Waals surface area contributed by atoms with Gasteiger partial charge in [0, 0.05) is 49.3 Å². The maximum Gasteiger partial charge on any atom is 0.204 e. The van der Waals surface area contributed by atoms with Crippen molar-refractivity contribution >= 4 is 41.8 Å². The number of halogens is 1. The molecule has 0 spiro atoms. The van der Waals surface area contributed by atoms with Gasteiger partial charge in [-0.1, -0.05) is 23.7 Å². The molecule has 0 N–H and O–H groups in total. The predicted octanol–water partition coefficient (Wildman–Crippen LogP) is 1.35. The molecule has 0 amide bonds. The molecule has 3 rings (SSSR count). The van der Waals surface area contributed by atoms with Gasteiger partial charge in [0.05, 0.1) is 5.72 Å². The van der Waals surface area contributed by atoms with Crippen molar-refractivity contribution < 1.29 is 0 Å². The SMILES string of the molecule is [B]c1nsc(N2CCN(CCc3ccc(Cl)cc3)CC2)n1. The Hall–Kier alpha value is -1.11. The number of hydrogen-bond donors (Lipinski definition) is 0. The van der Waals surface area contributed by atoms with E-state index < -0.39 is 0 Å². The molecule has 0 atom stereocenters. The number of hydrogen-bond acceptors (Lipinski definition) is 5. The summed E-state index contributed by atoms with van der Waals surface area (Å²) in [5, 5.41) is 1.73. The lowest BCUT2D eigenvalue weighted by molar-refractivity contribution is 0.261. The maximum atomic E-state index is 5.90. The Labute approximate surface area is 135 Å². The Morgan fingerprint density at radius 1 is 1.14 bits per heavy atom. The molecular formula is C14H16BClN4S. The van der Waals surface area contributed by atoms with Gasteiger partial charge in [0.2, 0.25) is 5.13 Å². The first-order valence-corrected chi connectivity index (χ1v) is 8.17. The van der Waals surface area contributed by atoms with Crippen molar-refractivity contribution in [3.05, 3.63) is 34.9 Å². The van der Waals surface area contributed by atoms with Gasteiger partial charge in [0.1, 0.15) is 0 Å². The molecule has 7 heteroatoms. The summed E-state index contributed by atoms with van der Waals surface area (Å²) in [5.41, 5.74) is 1.71. The Morgan fingerprint density at radius 2 is 1.86 bits per heavy atom. The number of piperazine rings is 1. The zero-order chi connectivity index (χ0) is 14.7. The minimum atomic E-state index is 0.375. The van der Waals surface area contributed by atoms with Crippen LogP contribution in [0.1, 0.15) is 5.56 Å². The molecule has 0 saturated carbocycles. The monoisotopic (exact) mass is 318 g/mol. The van der Waals surface area contributed by atoms with E-state index in [0.717, 1.165) is 49.3 Å². The number of benzene rings is 1. The molecule has 1 aliphatic rings. The quantitative estimate of drug-likeness (QED) is 0.797. The van der Waals surface area contributed by atoms with Crippen molar-refractivity contribution in [2.45, 2.75) is 6.42 Å². The Bertz CT molecular complexity index is 581. The summed E-state index contributed by atoms with van der Waals surface area (Å²) >= 11 is 7.28. The molecule has 0 aliphatic carbocycles. The molecule has 2 aromatic rings. The molecule has 0 bridgehead atoms. The van der Waals surface area contributed by atoms with Gasteiger partial charge in [-0.15, -0.1) is 0 Å². The van der Waals surface area contributed by atoms with Gasteiger partial charge in [0.15, 0.2) is 7.85 Å². The van der Waals surface area contributed by atoms with E-state index in [1.807, 2.05) is 12.1 Å². The molecule has 2 heterocycles. The first kappa shape index (κ1) is 14.8. The first-order chi connectivity index (χ1) is 10.2. The number of anilines is 1. The van der Waals surface area contributed by atoms with Gasteiger partial charge in [-0.2, -0.15) is 4.37 Å². The summed E-state index contributed by atoms with van der Waals surface area (Å²) < 4.78 is 4.04. The lowest BCUT2D eigenvalue weighted by Gasteiger charge is -2.34. The second-order valence-corrected chi connectivity index (χ2v) is 6.31. The third-order valence-corrected chi connectivity index (χ3v) is 4.75. The van der Waals surface area contributed by atoms with E-state index in [0.29, 0.717) is 5.72 Å². The van der Waals surface area contributed by atoms with E-state index in [-0.39, 0.29) is 0 Å². The van der Waals surface area contributed by atoms with Gasteiger partial charge < -0.3 is 4.90 Å². The molecule has 4 nitrogen and oxygen atoms in total. The van der Waals surface area contributed by atoms with Crippen LogP contribution in [0.3, 0.4) is 0 Å². The van der Waals surface area contributed by atoms with Gasteiger partial charge in [-0.3, -0.25) is 4.90 Å². The highest BCUT2D eigenvalue weighted by Crippen LogP contribution is 2.16. The molecule has 0 unspecified atom stereocenters. The topological polar surface area (TPSA) is 32.3 Å². The third kappa shape index (κ3) is 3.96. The summed E-state index contributed by atoms with van der Waals surface area (Å²) in [5.74, 6) is 0. The van der Waals surface area contributed by atoms with E-state index in [9.17, 15) is 0 Å². The zero-order valence-electron chi connectivity index (χ0n) is 11.7. The summed E-state index contributed by atoms with van der Waals surface area (Å²) in [7, 11) is 5.58. The second-order valence-electron chi connectivity index (χ2n) is 5.14. The molecule has 21 heavy (non-hydrogen) atoms. The molecule has 108 valence electrons. The van der Waals surface area contributed by atoms with Crippen molar-refractivity contribution in [3.8, 4) is 0 Å². The normalized spacial score (nSPS) is 16.3. The number of nitrogens with zero attached hydrogens (tertiary/aromatic N) is 4. The van der Waals surface area contributed by atoms with E-state index >= 15 is 0 Å². The Morgan fingerprint density at radius 3 is 2.48 bits per heavy atom. The number of rotatable bonds is 4. The summed E-state index contributed by atoms with van der Waals surface area (Å²) in [6.07, 6.45) is 1.06. The predicted molar refractivity (Wildman–Crippen MR) is 89.1 cm³/mol. The van der Waals surface area contributed by atoms with Crippen LogP contribution in [0, 0.1) is 0 Å². The highest BCUT2D eigenvalue weighted by atomic mass is 35.5. The van der Waals surface area contributed by atoms with Crippen molar-refractivity contribution in [2.24, 2.45) is 0 Å². The van der Waals surface area contributed by atoms with Crippen LogP contribution in [0.25, 0.3) is 0 Å². The van der Waals surface area contributed by atoms with Gasteiger partial charge in [0.25, 0.3) is 0 Å². The van der Waals surface area contributed by atoms with Gasteiger partial charge in [-0.05, 0) is 24.1 Å². The van der Waals surface area contributed by atoms with Crippen LogP contribution < -0.4 is 10.6 Å². The standard InChI is InChI=1S/C14H16BClN4S/c15-13-17-14(21-18-13)20-9-7-19(8-10-20)6-5-11-1-3-12(16)4-2-11/h1-4H,5-10H2. The summed E-state index contributed by atoms with van der Waals surface area (Å²) in [4.78, 5) is 8.98. The van der Waals surface area contributed by atoms with Crippen LogP contribution in [0.5, 0.6) is 0 Å². The molecule has 1 aliphatic heterocycles. The van der Waals surface area contributed by atoms with Crippen LogP contribution in [-0.2, 0) is 6.42 Å². The van der Waals surface area contributed by atoms with Crippen molar-refractivity contribution in [3.63, 3.8) is 0 Å². The van der Waals surface area contributed by atoms with Gasteiger partial charge in [-0.25, -0.2) is 4.98 Å². The van der Waals surface area contributed by atoms with E-state index in [2.05, 4.69) is 31.3 Å². The van der Waals surface area contributed by atoms with Crippen LogP contribution in [0.15, 0.2) is 24.3 Å². The molecule has 1 saturated heterocycles. The lowest BCUT2D eigenvalue weighted by Crippen LogP contribution is -2.47. The molecule has 1 fully saturated rings. The van der Waals surface area contributed by atoms with E-state index in [4.69, 9.17) is 19.4 Å². The average Bonchev–Trinajstić information content (AvgIpc) is 2.94. The number of aromatic nitrogens is 2. The van der Waals surface area contributed by atoms with Crippen molar-refractivity contribution in [1.29, 1.82) is 0 Å². The highest BCUT2D eigenvalue weighted by molar-refractivity contribution is 7.10. The highest BCUT2D eigenvalue weighted by Gasteiger charge is 2.19. The zero-order valence-corrected chi connectivity index (χ0v) is 13.3. The Balaban J connectivity index is 1.46. The minimum absolute atomic E-state index is 0.375. The van der Waals surface area contributed by atoms with Crippen molar-refractivity contribution in [2.75, 3.05) is 37.6 Å². The van der Waals surface area contributed by atoms with Crippen LogP contribution in [0.4, 0.5) is 5.13 Å². The molecule has 1 aromatic heterocycles. The average molecular weight is 319 g/mol. The lowest BCUT2D eigenvalue weighted by atomic mass is 10.1. The summed E-state index contributed by atoms with van der Waals surface area (Å²) in [6.45, 7) is 5.14. The first-order valence-electron chi connectivity index (χ1n) is 7.01. The van der Waals surface area contributed by atoms with Gasteiger partial charge >= 0.3 is 0 Å². The molecule has 2 radical (unpaired) electrons. The molecule has 1 aromatic carbocycles. The minimum Gasteiger partial charge on any atom is -0.344 e. The molecular weight excluding hydrogens is 303 g/mol. The Kier molecular flexibility index (Phi) is 4.78. The van der Waals surface area contributed by atoms with Crippen molar-refractivity contribution in [1.82, 2.24) is 14.3 Å². The fourth-order valence-corrected chi connectivity index (χ4v) is 3.23. The maximum absolute atomic E-state index is 5.90. The fraction of sp³-hybridized carbons (Fsp3) is 0.429. The third-order valence-electron chi connectivity index (χ3n) is 3.70. The van der Waals surface area contributed by atoms with Crippen LogP contribution in [-0.4, -0.2) is 54.8 Å². The second kappa shape index (κ2) is 6.77. The fourth-order valence-electron chi connectivity index (χ4n) is 2.46. The van der Waals surface area contributed by atoms with Crippen LogP contribution >= 0.6 is 23.1 Å². The van der Waals surface area contributed by atoms with E-state index in [1.54, 1.807) is 0 Å². The summed E-state index contributed by atoms with van der Waals surface area (Å²) in [6, 6.07) is 8.11.